The number of fused-ring (bicyclic) bond motifs is 1. The summed E-state index contributed by atoms with van der Waals surface area (Å²) in [5, 5.41) is 3.41. The molecule has 1 N–H and O–H groups in total. The lowest BCUT2D eigenvalue weighted by Gasteiger charge is -2.42. The van der Waals surface area contributed by atoms with Crippen molar-refractivity contribution in [1.82, 2.24) is 15.1 Å². The molecule has 1 atom stereocenters. The number of nitrogens with zero attached hydrogens (tertiary/aromatic N) is 2. The number of rotatable bonds is 4. The molecule has 2 fully saturated rings. The maximum absolute atomic E-state index is 12.8. The van der Waals surface area contributed by atoms with Crippen molar-refractivity contribution in [2.75, 3.05) is 32.7 Å². The number of hydrogen-bond donors (Lipinski definition) is 1. The van der Waals surface area contributed by atoms with E-state index in [4.69, 9.17) is 0 Å². The van der Waals surface area contributed by atoms with Crippen LogP contribution in [-0.4, -0.2) is 60.4 Å². The van der Waals surface area contributed by atoms with E-state index in [0.717, 1.165) is 26.2 Å². The minimum Gasteiger partial charge on any atom is -0.314 e. The third-order valence-electron chi connectivity index (χ3n) is 6.06. The van der Waals surface area contributed by atoms with Crippen LogP contribution in [0.4, 0.5) is 0 Å². The minimum absolute atomic E-state index is 0. The van der Waals surface area contributed by atoms with Gasteiger partial charge in [-0.2, -0.15) is 0 Å². The van der Waals surface area contributed by atoms with Crippen molar-refractivity contribution in [3.8, 4) is 0 Å². The average Bonchev–Trinajstić information content (AvgIpc) is 2.92. The summed E-state index contributed by atoms with van der Waals surface area (Å²) in [4.78, 5) is 29.6. The Labute approximate surface area is 173 Å². The number of carbonyl (C=O) groups is 2. The number of imide groups is 1. The van der Waals surface area contributed by atoms with Crippen LogP contribution in [0.2, 0.25) is 0 Å². The van der Waals surface area contributed by atoms with Gasteiger partial charge in [-0.25, -0.2) is 0 Å². The molecule has 1 saturated heterocycles. The molecule has 1 aromatic carbocycles. The van der Waals surface area contributed by atoms with Crippen molar-refractivity contribution in [3.63, 3.8) is 0 Å². The number of hydrogen-bond acceptors (Lipinski definition) is 4. The molecule has 7 heteroatoms. The minimum atomic E-state index is -0.114. The maximum atomic E-state index is 12.8. The molecule has 3 aliphatic rings. The molecule has 0 spiro atoms. The third-order valence-corrected chi connectivity index (χ3v) is 6.06. The summed E-state index contributed by atoms with van der Waals surface area (Å²) in [6, 6.07) is 7.52. The molecule has 0 bridgehead atoms. The van der Waals surface area contributed by atoms with E-state index in [2.05, 4.69) is 10.2 Å². The third kappa shape index (κ3) is 4.48. The Morgan fingerprint density at radius 2 is 1.48 bits per heavy atom. The highest BCUT2D eigenvalue weighted by atomic mass is 35.5. The fourth-order valence-corrected chi connectivity index (χ4v) is 4.69. The topological polar surface area (TPSA) is 52.7 Å². The van der Waals surface area contributed by atoms with Gasteiger partial charge in [0.15, 0.2) is 0 Å². The second-order valence-corrected chi connectivity index (χ2v) is 7.52. The molecule has 5 nitrogen and oxygen atoms in total. The highest BCUT2D eigenvalue weighted by molar-refractivity contribution is 6.21. The average molecular weight is 414 g/mol. The Morgan fingerprint density at radius 1 is 0.926 bits per heavy atom. The van der Waals surface area contributed by atoms with Gasteiger partial charge in [0.1, 0.15) is 0 Å². The normalized spacial score (nSPS) is 22.0. The second-order valence-electron chi connectivity index (χ2n) is 7.52. The number of benzene rings is 1. The molecule has 0 radical (unpaired) electrons. The zero-order valence-corrected chi connectivity index (χ0v) is 17.2. The smallest absolute Gasteiger partial charge is 0.261 e. The van der Waals surface area contributed by atoms with Crippen molar-refractivity contribution in [3.05, 3.63) is 35.4 Å². The van der Waals surface area contributed by atoms with Crippen LogP contribution in [-0.2, 0) is 0 Å². The quantitative estimate of drug-likeness (QED) is 0.770. The lowest BCUT2D eigenvalue weighted by Crippen LogP contribution is -2.55. The summed E-state index contributed by atoms with van der Waals surface area (Å²) >= 11 is 0. The molecule has 0 aromatic heterocycles. The van der Waals surface area contributed by atoms with E-state index in [-0.39, 0.29) is 36.6 Å². The fraction of sp³-hybridized carbons (Fsp3) is 0.600. The van der Waals surface area contributed by atoms with E-state index in [0.29, 0.717) is 29.6 Å². The summed E-state index contributed by atoms with van der Waals surface area (Å²) in [6.07, 6.45) is 6.30. The van der Waals surface area contributed by atoms with Crippen LogP contribution in [0.3, 0.4) is 0 Å². The molecule has 4 rings (SSSR count). The van der Waals surface area contributed by atoms with E-state index in [1.165, 1.54) is 37.0 Å². The zero-order chi connectivity index (χ0) is 17.2. The van der Waals surface area contributed by atoms with Gasteiger partial charge in [0.25, 0.3) is 11.8 Å². The Bertz CT molecular complexity index is 605. The lowest BCUT2D eigenvalue weighted by atomic mass is 9.82. The van der Waals surface area contributed by atoms with Crippen LogP contribution in [0.15, 0.2) is 24.3 Å². The van der Waals surface area contributed by atoms with E-state index < -0.39 is 0 Å². The van der Waals surface area contributed by atoms with Crippen LogP contribution < -0.4 is 5.32 Å². The Hall–Kier alpha value is -1.14. The van der Waals surface area contributed by atoms with Crippen LogP contribution >= 0.6 is 24.8 Å². The van der Waals surface area contributed by atoms with Crippen molar-refractivity contribution < 1.29 is 9.59 Å². The first-order valence-corrected chi connectivity index (χ1v) is 9.65. The standard InChI is InChI=1S/C20H27N3O2.2ClH/c24-19-16-8-4-5-9-17(16)20(25)23(19)14-18(15-6-2-1-3-7-15)22-12-10-21-11-13-22;;/h4-5,8-9,15,18,21H,1-3,6-7,10-14H2;2*1H. The van der Waals surface area contributed by atoms with Crippen LogP contribution in [0.5, 0.6) is 0 Å². The Kier molecular flexibility index (Phi) is 8.10. The van der Waals surface area contributed by atoms with Gasteiger partial charge in [-0.05, 0) is 30.9 Å². The van der Waals surface area contributed by atoms with Gasteiger partial charge in [0, 0.05) is 38.8 Å². The molecular weight excluding hydrogens is 385 g/mol. The lowest BCUT2D eigenvalue weighted by molar-refractivity contribution is 0.0471. The summed E-state index contributed by atoms with van der Waals surface area (Å²) in [7, 11) is 0. The van der Waals surface area contributed by atoms with Gasteiger partial charge >= 0.3 is 0 Å². The zero-order valence-electron chi connectivity index (χ0n) is 15.6. The van der Waals surface area contributed by atoms with Crippen molar-refractivity contribution >= 4 is 36.6 Å². The first-order valence-electron chi connectivity index (χ1n) is 9.65. The predicted molar refractivity (Wildman–Crippen MR) is 111 cm³/mol. The van der Waals surface area contributed by atoms with Gasteiger partial charge < -0.3 is 5.32 Å². The highest BCUT2D eigenvalue weighted by Gasteiger charge is 2.39. The molecule has 1 unspecified atom stereocenters. The van der Waals surface area contributed by atoms with E-state index in [1.807, 2.05) is 12.1 Å². The molecule has 2 amide bonds. The van der Waals surface area contributed by atoms with Crippen LogP contribution in [0.25, 0.3) is 0 Å². The number of halogens is 2. The molecule has 2 heterocycles. The van der Waals surface area contributed by atoms with Gasteiger partial charge in [-0.1, -0.05) is 31.4 Å². The second kappa shape index (κ2) is 9.87. The molecule has 1 aromatic rings. The highest BCUT2D eigenvalue weighted by Crippen LogP contribution is 2.31. The number of nitrogens with one attached hydrogen (secondary N) is 1. The number of piperazine rings is 1. The van der Waals surface area contributed by atoms with Crippen LogP contribution in [0.1, 0.15) is 52.8 Å². The predicted octanol–water partition coefficient (Wildman–Crippen LogP) is 2.98. The van der Waals surface area contributed by atoms with Gasteiger partial charge in [-0.15, -0.1) is 24.8 Å². The van der Waals surface area contributed by atoms with Gasteiger partial charge in [-0.3, -0.25) is 19.4 Å². The summed E-state index contributed by atoms with van der Waals surface area (Å²) in [5.41, 5.74) is 1.13. The monoisotopic (exact) mass is 413 g/mol. The first kappa shape index (κ1) is 22.2. The summed E-state index contributed by atoms with van der Waals surface area (Å²) < 4.78 is 0. The molecule has 150 valence electrons. The largest absolute Gasteiger partial charge is 0.314 e. The number of carbonyl (C=O) groups excluding carboxylic acids is 2. The van der Waals surface area contributed by atoms with Crippen molar-refractivity contribution in [2.45, 2.75) is 38.1 Å². The fourth-order valence-electron chi connectivity index (χ4n) is 4.69. The van der Waals surface area contributed by atoms with E-state index in [9.17, 15) is 9.59 Å². The summed E-state index contributed by atoms with van der Waals surface area (Å²) in [6.45, 7) is 4.53. The molecule has 2 aliphatic heterocycles. The summed E-state index contributed by atoms with van der Waals surface area (Å²) in [5.74, 6) is 0.365. The van der Waals surface area contributed by atoms with Gasteiger partial charge in [0.05, 0.1) is 11.1 Å². The van der Waals surface area contributed by atoms with Crippen molar-refractivity contribution in [2.24, 2.45) is 5.92 Å². The Balaban J connectivity index is 0.00000131. The van der Waals surface area contributed by atoms with Crippen LogP contribution in [0, 0.1) is 5.92 Å². The van der Waals surface area contributed by atoms with Crippen molar-refractivity contribution in [1.29, 1.82) is 0 Å². The van der Waals surface area contributed by atoms with Gasteiger partial charge in [0.2, 0.25) is 0 Å². The maximum Gasteiger partial charge on any atom is 0.261 e. The number of amides is 2. The van der Waals surface area contributed by atoms with E-state index >= 15 is 0 Å². The SMILES string of the molecule is Cl.Cl.O=C1c2ccccc2C(=O)N1CC(C1CCCCC1)N1CCNCC1. The molecule has 1 aliphatic carbocycles. The molecular formula is C20H29Cl2N3O2. The van der Waals surface area contributed by atoms with E-state index in [1.54, 1.807) is 12.1 Å². The molecule has 1 saturated carbocycles. The molecule has 27 heavy (non-hydrogen) atoms. The first-order chi connectivity index (χ1) is 12.3. The Morgan fingerprint density at radius 3 is 2.04 bits per heavy atom.